The monoisotopic (exact) mass is 391 g/mol. The van der Waals surface area contributed by atoms with Gasteiger partial charge in [-0.05, 0) is 38.1 Å². The number of β-amino-alcohol motifs (C(OH)–C–C–N with tert-alkyl or cyclic N) is 1. The van der Waals surface area contributed by atoms with E-state index in [1.54, 1.807) is 0 Å². The first-order valence-electron chi connectivity index (χ1n) is 10.6. The molecule has 1 N–H and O–H groups in total. The van der Waals surface area contributed by atoms with E-state index in [0.717, 1.165) is 64.7 Å². The highest BCUT2D eigenvalue weighted by atomic mass is 16.5. The van der Waals surface area contributed by atoms with Crippen molar-refractivity contribution in [1.29, 1.82) is 0 Å². The molecule has 0 saturated carbocycles. The molecule has 3 rings (SSSR count). The Labute approximate surface area is 170 Å². The molecular formula is C22H37N3O3. The molecule has 2 aliphatic heterocycles. The van der Waals surface area contributed by atoms with Crippen molar-refractivity contribution in [3.63, 3.8) is 0 Å². The third-order valence-electron chi connectivity index (χ3n) is 5.63. The van der Waals surface area contributed by atoms with Gasteiger partial charge in [0.1, 0.15) is 18.5 Å². The summed E-state index contributed by atoms with van der Waals surface area (Å²) >= 11 is 0. The normalized spacial score (nSPS) is 22.9. The van der Waals surface area contributed by atoms with E-state index < -0.39 is 6.10 Å². The average Bonchev–Trinajstić information content (AvgIpc) is 2.66. The van der Waals surface area contributed by atoms with Crippen LogP contribution >= 0.6 is 0 Å². The largest absolute Gasteiger partial charge is 0.491 e. The average molecular weight is 392 g/mol. The fraction of sp³-hybridized carbons (Fsp3) is 0.727. The fourth-order valence-electron chi connectivity index (χ4n) is 4.07. The number of piperazine rings is 1. The van der Waals surface area contributed by atoms with E-state index in [4.69, 9.17) is 9.47 Å². The number of aliphatic hydroxyl groups is 1. The van der Waals surface area contributed by atoms with Crippen molar-refractivity contribution >= 4 is 0 Å². The van der Waals surface area contributed by atoms with Crippen molar-refractivity contribution in [3.8, 4) is 5.75 Å². The molecule has 1 aromatic rings. The Morgan fingerprint density at radius 3 is 2.57 bits per heavy atom. The van der Waals surface area contributed by atoms with Gasteiger partial charge in [-0.2, -0.15) is 0 Å². The number of benzene rings is 1. The van der Waals surface area contributed by atoms with E-state index in [0.29, 0.717) is 13.2 Å². The second-order valence-electron chi connectivity index (χ2n) is 8.67. The van der Waals surface area contributed by atoms with Crippen molar-refractivity contribution in [2.24, 2.45) is 0 Å². The second kappa shape index (κ2) is 10.0. The summed E-state index contributed by atoms with van der Waals surface area (Å²) < 4.78 is 11.7. The van der Waals surface area contributed by atoms with Crippen LogP contribution in [0.4, 0.5) is 0 Å². The smallest absolute Gasteiger partial charge is 0.119 e. The molecule has 2 aliphatic rings. The summed E-state index contributed by atoms with van der Waals surface area (Å²) in [6.45, 7) is 16.4. The number of likely N-dealkylation sites (N-methyl/N-ethyl adjacent to an activating group) is 1. The maximum atomic E-state index is 10.4. The van der Waals surface area contributed by atoms with Gasteiger partial charge in [0.25, 0.3) is 0 Å². The first-order chi connectivity index (χ1) is 13.4. The summed E-state index contributed by atoms with van der Waals surface area (Å²) in [4.78, 5) is 7.20. The lowest BCUT2D eigenvalue weighted by atomic mass is 10.1. The van der Waals surface area contributed by atoms with Gasteiger partial charge in [0.05, 0.1) is 12.2 Å². The van der Waals surface area contributed by atoms with Gasteiger partial charge in [0.15, 0.2) is 0 Å². The number of hydrogen-bond acceptors (Lipinski definition) is 6. The standard InChI is InChI=1S/C22H37N3O3/c1-4-23-8-10-24(11-9-23)16-20(26)17-27-21-7-5-6-19(14-21)15-25-12-13-28-22(2,3)18-25/h5-7,14,20,26H,4,8-13,15-18H2,1-3H3/t20-/m1/s1. The van der Waals surface area contributed by atoms with Crippen LogP contribution in [0.5, 0.6) is 5.75 Å². The molecule has 0 spiro atoms. The summed E-state index contributed by atoms with van der Waals surface area (Å²) in [5, 5.41) is 10.4. The van der Waals surface area contributed by atoms with Crippen LogP contribution in [0.15, 0.2) is 24.3 Å². The Morgan fingerprint density at radius 1 is 1.11 bits per heavy atom. The van der Waals surface area contributed by atoms with Crippen LogP contribution < -0.4 is 4.74 Å². The quantitative estimate of drug-likeness (QED) is 0.728. The van der Waals surface area contributed by atoms with Gasteiger partial charge in [0.2, 0.25) is 0 Å². The predicted octanol–water partition coefficient (Wildman–Crippen LogP) is 1.67. The predicted molar refractivity (Wildman–Crippen MR) is 112 cm³/mol. The molecule has 0 radical (unpaired) electrons. The lowest BCUT2D eigenvalue weighted by Crippen LogP contribution is -2.49. The third-order valence-corrected chi connectivity index (χ3v) is 5.63. The lowest BCUT2D eigenvalue weighted by molar-refractivity contribution is -0.0882. The second-order valence-corrected chi connectivity index (χ2v) is 8.67. The number of morpholine rings is 1. The molecule has 2 heterocycles. The molecule has 1 atom stereocenters. The number of rotatable bonds is 8. The zero-order chi connectivity index (χ0) is 20.0. The molecule has 158 valence electrons. The summed E-state index contributed by atoms with van der Waals surface area (Å²) in [7, 11) is 0. The third kappa shape index (κ3) is 6.71. The van der Waals surface area contributed by atoms with Crippen LogP contribution in [-0.4, -0.2) is 97.1 Å². The van der Waals surface area contributed by atoms with Gasteiger partial charge in [-0.15, -0.1) is 0 Å². The SMILES string of the molecule is CCN1CCN(C[C@@H](O)COc2cccc(CN3CCOC(C)(C)C3)c2)CC1. The highest BCUT2D eigenvalue weighted by Gasteiger charge is 2.27. The van der Waals surface area contributed by atoms with Crippen molar-refractivity contribution in [1.82, 2.24) is 14.7 Å². The van der Waals surface area contributed by atoms with Gasteiger partial charge < -0.3 is 19.5 Å². The van der Waals surface area contributed by atoms with Crippen LogP contribution in [0.2, 0.25) is 0 Å². The number of ether oxygens (including phenoxy) is 2. The van der Waals surface area contributed by atoms with E-state index >= 15 is 0 Å². The van der Waals surface area contributed by atoms with E-state index in [9.17, 15) is 5.11 Å². The molecule has 2 fully saturated rings. The molecule has 2 saturated heterocycles. The summed E-state index contributed by atoms with van der Waals surface area (Å²) in [6, 6.07) is 8.24. The molecule has 0 unspecified atom stereocenters. The first kappa shape index (κ1) is 21.5. The zero-order valence-corrected chi connectivity index (χ0v) is 17.8. The highest BCUT2D eigenvalue weighted by Crippen LogP contribution is 2.20. The van der Waals surface area contributed by atoms with Crippen molar-refractivity contribution in [3.05, 3.63) is 29.8 Å². The van der Waals surface area contributed by atoms with Crippen molar-refractivity contribution in [2.45, 2.75) is 39.0 Å². The van der Waals surface area contributed by atoms with Gasteiger partial charge in [0, 0.05) is 52.4 Å². The van der Waals surface area contributed by atoms with Crippen LogP contribution in [0.25, 0.3) is 0 Å². The molecular weight excluding hydrogens is 354 g/mol. The van der Waals surface area contributed by atoms with E-state index in [1.807, 2.05) is 12.1 Å². The summed E-state index contributed by atoms with van der Waals surface area (Å²) in [5.41, 5.74) is 1.15. The topological polar surface area (TPSA) is 48.4 Å². The van der Waals surface area contributed by atoms with Gasteiger partial charge in [-0.3, -0.25) is 9.80 Å². The van der Waals surface area contributed by atoms with Crippen molar-refractivity contribution in [2.75, 3.05) is 65.6 Å². The minimum atomic E-state index is -0.461. The number of aliphatic hydroxyl groups excluding tert-OH is 1. The maximum Gasteiger partial charge on any atom is 0.119 e. The minimum Gasteiger partial charge on any atom is -0.491 e. The Kier molecular flexibility index (Phi) is 7.71. The maximum absolute atomic E-state index is 10.4. The van der Waals surface area contributed by atoms with E-state index in [1.165, 1.54) is 5.56 Å². The van der Waals surface area contributed by atoms with Crippen LogP contribution in [0, 0.1) is 0 Å². The number of nitrogens with zero attached hydrogens (tertiary/aromatic N) is 3. The van der Waals surface area contributed by atoms with Crippen LogP contribution in [0.3, 0.4) is 0 Å². The van der Waals surface area contributed by atoms with Crippen LogP contribution in [-0.2, 0) is 11.3 Å². The van der Waals surface area contributed by atoms with Crippen molar-refractivity contribution < 1.29 is 14.6 Å². The van der Waals surface area contributed by atoms with Gasteiger partial charge >= 0.3 is 0 Å². The molecule has 0 amide bonds. The van der Waals surface area contributed by atoms with Gasteiger partial charge in [-0.1, -0.05) is 19.1 Å². The Balaban J connectivity index is 1.43. The Morgan fingerprint density at radius 2 is 1.86 bits per heavy atom. The minimum absolute atomic E-state index is 0.0842. The zero-order valence-electron chi connectivity index (χ0n) is 17.8. The van der Waals surface area contributed by atoms with E-state index in [2.05, 4.69) is 47.6 Å². The Hall–Kier alpha value is -1.18. The molecule has 0 aromatic heterocycles. The van der Waals surface area contributed by atoms with E-state index in [-0.39, 0.29) is 5.60 Å². The molecule has 28 heavy (non-hydrogen) atoms. The highest BCUT2D eigenvalue weighted by molar-refractivity contribution is 5.28. The number of hydrogen-bond donors (Lipinski definition) is 1. The Bertz CT molecular complexity index is 602. The lowest BCUT2D eigenvalue weighted by Gasteiger charge is -2.38. The van der Waals surface area contributed by atoms with Crippen LogP contribution in [0.1, 0.15) is 26.3 Å². The molecule has 0 aliphatic carbocycles. The molecule has 6 nitrogen and oxygen atoms in total. The summed E-state index contributed by atoms with van der Waals surface area (Å²) in [5.74, 6) is 0.833. The molecule has 6 heteroatoms. The molecule has 0 bridgehead atoms. The summed E-state index contributed by atoms with van der Waals surface area (Å²) in [6.07, 6.45) is -0.461. The molecule has 1 aromatic carbocycles. The van der Waals surface area contributed by atoms with Gasteiger partial charge in [-0.25, -0.2) is 0 Å². The first-order valence-corrected chi connectivity index (χ1v) is 10.6. The fourth-order valence-corrected chi connectivity index (χ4v) is 4.07.